The number of rotatable bonds is 9. The van der Waals surface area contributed by atoms with Crippen molar-refractivity contribution in [2.75, 3.05) is 6.54 Å². The van der Waals surface area contributed by atoms with E-state index in [9.17, 15) is 14.4 Å². The monoisotopic (exact) mass is 299 g/mol. The smallest absolute Gasteiger partial charge is 0.326 e. The zero-order chi connectivity index (χ0) is 15.8. The van der Waals surface area contributed by atoms with Crippen molar-refractivity contribution in [1.29, 1.82) is 0 Å². The molecule has 1 saturated carbocycles. The van der Waals surface area contributed by atoms with Gasteiger partial charge in [0.15, 0.2) is 0 Å². The van der Waals surface area contributed by atoms with Gasteiger partial charge in [0.1, 0.15) is 6.04 Å². The molecule has 4 N–H and O–H groups in total. The fourth-order valence-electron chi connectivity index (χ4n) is 1.85. The van der Waals surface area contributed by atoms with Crippen LogP contribution in [-0.2, 0) is 9.59 Å². The van der Waals surface area contributed by atoms with Crippen molar-refractivity contribution in [2.24, 2.45) is 5.92 Å². The Balaban J connectivity index is 2.16. The van der Waals surface area contributed by atoms with Crippen molar-refractivity contribution in [2.45, 2.75) is 58.0 Å². The molecule has 1 aliphatic rings. The molecule has 7 nitrogen and oxygen atoms in total. The molecule has 0 heterocycles. The molecule has 0 aromatic heterocycles. The van der Waals surface area contributed by atoms with Gasteiger partial charge in [0.05, 0.1) is 0 Å². The van der Waals surface area contributed by atoms with Crippen LogP contribution in [0.4, 0.5) is 4.79 Å². The fraction of sp³-hybridized carbons (Fsp3) is 0.786. The van der Waals surface area contributed by atoms with Crippen molar-refractivity contribution < 1.29 is 19.5 Å². The summed E-state index contributed by atoms with van der Waals surface area (Å²) in [5, 5.41) is 17.0. The van der Waals surface area contributed by atoms with Gasteiger partial charge in [-0.05, 0) is 25.2 Å². The summed E-state index contributed by atoms with van der Waals surface area (Å²) in [4.78, 5) is 34.1. The lowest BCUT2D eigenvalue weighted by molar-refractivity contribution is -0.140. The van der Waals surface area contributed by atoms with E-state index in [1.165, 1.54) is 0 Å². The number of carboxylic acid groups (broad SMARTS) is 1. The van der Waals surface area contributed by atoms with E-state index in [4.69, 9.17) is 5.11 Å². The van der Waals surface area contributed by atoms with Gasteiger partial charge in [0.25, 0.3) is 0 Å². The van der Waals surface area contributed by atoms with Gasteiger partial charge >= 0.3 is 12.0 Å². The van der Waals surface area contributed by atoms with E-state index in [-0.39, 0.29) is 11.8 Å². The second-order valence-corrected chi connectivity index (χ2v) is 5.55. The number of amides is 3. The first-order chi connectivity index (χ1) is 9.93. The second kappa shape index (κ2) is 8.49. The van der Waals surface area contributed by atoms with E-state index in [0.717, 1.165) is 12.8 Å². The van der Waals surface area contributed by atoms with Gasteiger partial charge in [-0.3, -0.25) is 4.79 Å². The molecule has 2 atom stereocenters. The predicted octanol–water partition coefficient (Wildman–Crippen LogP) is 0.844. The molecule has 3 amide bonds. The summed E-state index contributed by atoms with van der Waals surface area (Å²) in [6.07, 6.45) is 3.67. The second-order valence-electron chi connectivity index (χ2n) is 5.55. The number of hydrogen-bond acceptors (Lipinski definition) is 3. The molecular weight excluding hydrogens is 274 g/mol. The van der Waals surface area contributed by atoms with Gasteiger partial charge in [-0.15, -0.1) is 0 Å². The molecule has 0 aromatic rings. The summed E-state index contributed by atoms with van der Waals surface area (Å²) in [6.45, 7) is 4.00. The lowest BCUT2D eigenvalue weighted by atomic mass is 9.99. The van der Waals surface area contributed by atoms with E-state index in [2.05, 4.69) is 16.0 Å². The van der Waals surface area contributed by atoms with E-state index in [1.807, 2.05) is 6.92 Å². The lowest BCUT2D eigenvalue weighted by Gasteiger charge is -2.20. The molecule has 7 heteroatoms. The topological polar surface area (TPSA) is 108 Å². The maximum absolute atomic E-state index is 11.6. The van der Waals surface area contributed by atoms with Crippen LogP contribution < -0.4 is 16.0 Å². The van der Waals surface area contributed by atoms with Crippen LogP contribution in [0.5, 0.6) is 0 Å². The van der Waals surface area contributed by atoms with Crippen molar-refractivity contribution in [3.05, 3.63) is 0 Å². The number of nitrogens with one attached hydrogen (secondary N) is 3. The predicted molar refractivity (Wildman–Crippen MR) is 77.8 cm³/mol. The quantitative estimate of drug-likeness (QED) is 0.473. The highest BCUT2D eigenvalue weighted by molar-refractivity contribution is 5.82. The Morgan fingerprint density at radius 3 is 2.48 bits per heavy atom. The Labute approximate surface area is 124 Å². The molecule has 0 bridgehead atoms. The van der Waals surface area contributed by atoms with Crippen molar-refractivity contribution in [3.63, 3.8) is 0 Å². The number of carbonyl (C=O) groups is 3. The van der Waals surface area contributed by atoms with Gasteiger partial charge in [-0.2, -0.15) is 0 Å². The Kier molecular flexibility index (Phi) is 6.98. The highest BCUT2D eigenvalue weighted by Crippen LogP contribution is 2.18. The average molecular weight is 299 g/mol. The highest BCUT2D eigenvalue weighted by Gasteiger charge is 2.25. The molecule has 0 saturated heterocycles. The molecule has 1 unspecified atom stereocenters. The molecule has 1 fully saturated rings. The van der Waals surface area contributed by atoms with E-state index in [1.54, 1.807) is 6.92 Å². The standard InChI is InChI=1S/C14H25N3O4/c1-3-9(2)12(13(19)20)17-14(21)15-8-4-5-11(18)16-10-6-7-10/h9-10,12H,3-8H2,1-2H3,(H,16,18)(H,19,20)(H2,15,17,21)/t9?,12-/m0/s1. The fourth-order valence-corrected chi connectivity index (χ4v) is 1.85. The molecule has 1 aliphatic carbocycles. The van der Waals surface area contributed by atoms with Crippen LogP contribution in [-0.4, -0.2) is 41.6 Å². The van der Waals surface area contributed by atoms with Crippen molar-refractivity contribution in [3.8, 4) is 0 Å². The van der Waals surface area contributed by atoms with Crippen LogP contribution in [0.15, 0.2) is 0 Å². The number of carboxylic acids is 1. The molecule has 0 radical (unpaired) electrons. The first-order valence-corrected chi connectivity index (χ1v) is 7.50. The minimum Gasteiger partial charge on any atom is -0.480 e. The largest absolute Gasteiger partial charge is 0.480 e. The minimum absolute atomic E-state index is 0.00252. The van der Waals surface area contributed by atoms with Crippen LogP contribution in [0.25, 0.3) is 0 Å². The van der Waals surface area contributed by atoms with E-state index in [0.29, 0.717) is 31.8 Å². The minimum atomic E-state index is -1.04. The van der Waals surface area contributed by atoms with Crippen LogP contribution >= 0.6 is 0 Å². The summed E-state index contributed by atoms with van der Waals surface area (Å²) < 4.78 is 0. The van der Waals surface area contributed by atoms with E-state index >= 15 is 0 Å². The van der Waals surface area contributed by atoms with Crippen LogP contribution in [0.2, 0.25) is 0 Å². The zero-order valence-corrected chi connectivity index (χ0v) is 12.6. The van der Waals surface area contributed by atoms with Gasteiger partial charge < -0.3 is 21.1 Å². The first kappa shape index (κ1) is 17.3. The Hall–Kier alpha value is -1.79. The third-order valence-electron chi connectivity index (χ3n) is 3.57. The van der Waals surface area contributed by atoms with Crippen molar-refractivity contribution in [1.82, 2.24) is 16.0 Å². The SMILES string of the molecule is CCC(C)[C@H](NC(=O)NCCCC(=O)NC1CC1)C(=O)O. The van der Waals surface area contributed by atoms with E-state index < -0.39 is 18.0 Å². The number of urea groups is 1. The summed E-state index contributed by atoms with van der Waals surface area (Å²) >= 11 is 0. The molecular formula is C14H25N3O4. The number of aliphatic carboxylic acids is 1. The zero-order valence-electron chi connectivity index (χ0n) is 12.6. The molecule has 0 aliphatic heterocycles. The molecule has 21 heavy (non-hydrogen) atoms. The number of carbonyl (C=O) groups excluding carboxylic acids is 2. The molecule has 1 rings (SSSR count). The van der Waals surface area contributed by atoms with Gasteiger partial charge in [-0.25, -0.2) is 9.59 Å². The summed E-state index contributed by atoms with van der Waals surface area (Å²) in [5.74, 6) is -1.18. The molecule has 120 valence electrons. The normalized spacial score (nSPS) is 16.7. The molecule has 0 spiro atoms. The maximum atomic E-state index is 11.6. The maximum Gasteiger partial charge on any atom is 0.326 e. The Bertz CT molecular complexity index is 382. The van der Waals surface area contributed by atoms with Crippen molar-refractivity contribution >= 4 is 17.9 Å². The number of hydrogen-bond donors (Lipinski definition) is 4. The van der Waals surface area contributed by atoms with Gasteiger partial charge in [0.2, 0.25) is 5.91 Å². The highest BCUT2D eigenvalue weighted by atomic mass is 16.4. The molecule has 0 aromatic carbocycles. The summed E-state index contributed by atoms with van der Waals surface area (Å²) in [6, 6.07) is -1.06. The van der Waals surface area contributed by atoms with Crippen LogP contribution in [0, 0.1) is 5.92 Å². The Morgan fingerprint density at radius 1 is 1.29 bits per heavy atom. The average Bonchev–Trinajstić information content (AvgIpc) is 3.23. The lowest BCUT2D eigenvalue weighted by Crippen LogP contribution is -2.49. The third kappa shape index (κ3) is 6.97. The van der Waals surface area contributed by atoms with Crippen LogP contribution in [0.3, 0.4) is 0 Å². The van der Waals surface area contributed by atoms with Gasteiger partial charge in [0, 0.05) is 19.0 Å². The first-order valence-electron chi connectivity index (χ1n) is 7.50. The van der Waals surface area contributed by atoms with Crippen LogP contribution in [0.1, 0.15) is 46.0 Å². The summed E-state index contributed by atoms with van der Waals surface area (Å²) in [7, 11) is 0. The summed E-state index contributed by atoms with van der Waals surface area (Å²) in [5.41, 5.74) is 0. The van der Waals surface area contributed by atoms with Gasteiger partial charge in [-0.1, -0.05) is 20.3 Å². The Morgan fingerprint density at radius 2 is 1.95 bits per heavy atom. The third-order valence-corrected chi connectivity index (χ3v) is 3.57.